The molecular weight excluding hydrogens is 270 g/mol. The predicted molar refractivity (Wildman–Crippen MR) is 42.4 cm³/mol. The quantitative estimate of drug-likeness (QED) is 0.333. The molecule has 1 rings (SSSR count). The molecule has 0 aliphatic heterocycles. The Labute approximate surface area is 97.9 Å². The number of halogens is 4. The van der Waals surface area contributed by atoms with Gasteiger partial charge in [0.05, 0.1) is 5.82 Å². The zero-order chi connectivity index (χ0) is 9.30. The molecule has 0 saturated carbocycles. The van der Waals surface area contributed by atoms with Gasteiger partial charge in [0.25, 0.3) is 0 Å². The molecule has 0 bridgehead atoms. The van der Waals surface area contributed by atoms with Gasteiger partial charge in [-0.15, -0.1) is 24.5 Å². The Balaban J connectivity index is 0. The number of hydrogen-bond acceptors (Lipinski definition) is 1. The first-order valence-corrected chi connectivity index (χ1v) is 3.10. The van der Waals surface area contributed by atoms with Crippen LogP contribution in [0.2, 0.25) is 0 Å². The summed E-state index contributed by atoms with van der Waals surface area (Å²) in [6, 6.07) is 2.29. The van der Waals surface area contributed by atoms with Crippen molar-refractivity contribution in [2.24, 2.45) is 0 Å². The summed E-state index contributed by atoms with van der Waals surface area (Å²) in [4.78, 5) is 10.6. The molecule has 6 heteroatoms. The molecule has 74 valence electrons. The second kappa shape index (κ2) is 6.15. The Kier molecular flexibility index (Phi) is 7.04. The minimum absolute atomic E-state index is 0. The summed E-state index contributed by atoms with van der Waals surface area (Å²) in [7, 11) is 0. The van der Waals surface area contributed by atoms with Crippen LogP contribution in [0.1, 0.15) is 17.3 Å². The number of Topliss-reactive ketones (excluding diaryl/α,β-unsaturated/α-hetero) is 1. The Morgan fingerprint density at radius 3 is 2.21 bits per heavy atom. The molecule has 1 aromatic carbocycles. The van der Waals surface area contributed by atoms with Gasteiger partial charge in [0, 0.05) is 31.1 Å². The van der Waals surface area contributed by atoms with Gasteiger partial charge in [0.1, 0.15) is 5.78 Å². The molecular formula is C8H5ClF3OZn-. The van der Waals surface area contributed by atoms with Gasteiger partial charge in [-0.2, -0.15) is 0 Å². The molecule has 0 fully saturated rings. The number of benzene rings is 1. The molecule has 0 heterocycles. The van der Waals surface area contributed by atoms with Crippen molar-refractivity contribution in [2.45, 2.75) is 6.92 Å². The number of ketones is 1. The van der Waals surface area contributed by atoms with E-state index in [0.717, 1.165) is 6.92 Å². The second-order valence-electron chi connectivity index (χ2n) is 2.20. The molecule has 14 heavy (non-hydrogen) atoms. The fourth-order valence-electron chi connectivity index (χ4n) is 0.800. The van der Waals surface area contributed by atoms with Crippen molar-refractivity contribution in [3.63, 3.8) is 0 Å². The third-order valence-corrected chi connectivity index (χ3v) is 1.33. The van der Waals surface area contributed by atoms with Crippen LogP contribution in [0.3, 0.4) is 0 Å². The molecule has 0 unspecified atom stereocenters. The van der Waals surface area contributed by atoms with E-state index in [1.165, 1.54) is 0 Å². The molecule has 0 aliphatic rings. The third-order valence-electron chi connectivity index (χ3n) is 1.33. The van der Waals surface area contributed by atoms with E-state index in [1.807, 2.05) is 0 Å². The van der Waals surface area contributed by atoms with E-state index in [2.05, 4.69) is 0 Å². The van der Waals surface area contributed by atoms with Crippen LogP contribution in [0.4, 0.5) is 13.2 Å². The maximum Gasteiger partial charge on any atom is 0.141 e. The largest absolute Gasteiger partial charge is 0.297 e. The standard InChI is InChI=1S/C8H4F3O.ClH.Zn/c1-4(12)7-5(9)2-3-6(10)8(7)11;;/h2H,1H3;1H;/q-1;;. The van der Waals surface area contributed by atoms with Crippen molar-refractivity contribution in [3.05, 3.63) is 35.1 Å². The Morgan fingerprint density at radius 2 is 1.86 bits per heavy atom. The first-order valence-electron chi connectivity index (χ1n) is 3.10. The number of hydrogen-bond donors (Lipinski definition) is 0. The minimum Gasteiger partial charge on any atom is -0.297 e. The van der Waals surface area contributed by atoms with Gasteiger partial charge >= 0.3 is 0 Å². The van der Waals surface area contributed by atoms with Crippen LogP contribution >= 0.6 is 12.4 Å². The average molecular weight is 275 g/mol. The van der Waals surface area contributed by atoms with Crippen molar-refractivity contribution in [1.82, 2.24) is 0 Å². The van der Waals surface area contributed by atoms with E-state index in [4.69, 9.17) is 0 Å². The van der Waals surface area contributed by atoms with Gasteiger partial charge in [-0.05, 0) is 12.5 Å². The fraction of sp³-hybridized carbons (Fsp3) is 0.125. The fourth-order valence-corrected chi connectivity index (χ4v) is 0.800. The number of carbonyl (C=O) groups excluding carboxylic acids is 1. The smallest absolute Gasteiger partial charge is 0.141 e. The van der Waals surface area contributed by atoms with Crippen LogP contribution in [0.25, 0.3) is 0 Å². The van der Waals surface area contributed by atoms with Crippen molar-refractivity contribution in [2.75, 3.05) is 0 Å². The molecule has 0 saturated heterocycles. The second-order valence-corrected chi connectivity index (χ2v) is 2.20. The summed E-state index contributed by atoms with van der Waals surface area (Å²) < 4.78 is 37.6. The normalized spacial score (nSPS) is 8.57. The van der Waals surface area contributed by atoms with Crippen molar-refractivity contribution in [3.8, 4) is 0 Å². The van der Waals surface area contributed by atoms with Gasteiger partial charge in [-0.3, -0.25) is 13.6 Å². The summed E-state index contributed by atoms with van der Waals surface area (Å²) in [5.74, 6) is -4.77. The summed E-state index contributed by atoms with van der Waals surface area (Å²) in [6.45, 7) is 0.959. The molecule has 0 spiro atoms. The maximum absolute atomic E-state index is 12.6. The first-order chi connectivity index (χ1) is 5.54. The van der Waals surface area contributed by atoms with Gasteiger partial charge in [-0.1, -0.05) is 0 Å². The Hall–Kier alpha value is -0.407. The van der Waals surface area contributed by atoms with E-state index in [0.29, 0.717) is 6.07 Å². The molecule has 0 aromatic heterocycles. The van der Waals surface area contributed by atoms with E-state index < -0.39 is 28.8 Å². The van der Waals surface area contributed by atoms with Crippen LogP contribution in [0, 0.1) is 23.5 Å². The van der Waals surface area contributed by atoms with Gasteiger partial charge in [0.2, 0.25) is 0 Å². The third kappa shape index (κ3) is 3.07. The van der Waals surface area contributed by atoms with Crippen LogP contribution in [-0.2, 0) is 19.5 Å². The molecule has 1 aromatic rings. The first kappa shape index (κ1) is 16.0. The number of carbonyl (C=O) groups is 1. The summed E-state index contributed by atoms with van der Waals surface area (Å²) in [6.07, 6.45) is 0. The Bertz CT molecular complexity index is 344. The molecule has 0 radical (unpaired) electrons. The average Bonchev–Trinajstić information content (AvgIpc) is 1.97. The molecule has 0 aliphatic carbocycles. The van der Waals surface area contributed by atoms with E-state index >= 15 is 0 Å². The van der Waals surface area contributed by atoms with Crippen molar-refractivity contribution < 1.29 is 37.4 Å². The zero-order valence-electron chi connectivity index (χ0n) is 7.23. The summed E-state index contributed by atoms with van der Waals surface area (Å²) in [5.41, 5.74) is -0.855. The van der Waals surface area contributed by atoms with Gasteiger partial charge in [-0.25, -0.2) is 4.39 Å². The van der Waals surface area contributed by atoms with Crippen LogP contribution in [0.5, 0.6) is 0 Å². The zero-order valence-corrected chi connectivity index (χ0v) is 11.0. The summed E-state index contributed by atoms with van der Waals surface area (Å²) in [5, 5.41) is 0. The van der Waals surface area contributed by atoms with E-state index in [-0.39, 0.29) is 31.9 Å². The minimum atomic E-state index is -1.48. The van der Waals surface area contributed by atoms with Crippen molar-refractivity contribution in [1.29, 1.82) is 0 Å². The summed E-state index contributed by atoms with van der Waals surface area (Å²) >= 11 is 0. The van der Waals surface area contributed by atoms with E-state index in [9.17, 15) is 18.0 Å². The molecule has 0 atom stereocenters. The topological polar surface area (TPSA) is 17.1 Å². The van der Waals surface area contributed by atoms with Gasteiger partial charge in [0.15, 0.2) is 0 Å². The molecule has 0 amide bonds. The van der Waals surface area contributed by atoms with Crippen LogP contribution in [-0.4, -0.2) is 5.78 Å². The van der Waals surface area contributed by atoms with Gasteiger partial charge < -0.3 is 0 Å². The van der Waals surface area contributed by atoms with E-state index in [1.54, 1.807) is 6.07 Å². The SMILES string of the molecule is CC(=O)c1c(F)c[c-]c(F)c1F.Cl.[Zn]. The predicted octanol–water partition coefficient (Wildman–Crippen LogP) is 2.53. The maximum atomic E-state index is 12.6. The number of rotatable bonds is 1. The Morgan fingerprint density at radius 1 is 1.36 bits per heavy atom. The molecule has 1 nitrogen and oxygen atoms in total. The monoisotopic (exact) mass is 273 g/mol. The van der Waals surface area contributed by atoms with Crippen molar-refractivity contribution >= 4 is 18.2 Å². The van der Waals surface area contributed by atoms with Crippen LogP contribution < -0.4 is 0 Å². The van der Waals surface area contributed by atoms with Crippen LogP contribution in [0.15, 0.2) is 6.07 Å². The molecule has 0 N–H and O–H groups in total.